The van der Waals surface area contributed by atoms with Gasteiger partial charge in [-0.15, -0.1) is 11.3 Å². The molecule has 9 heteroatoms. The highest BCUT2D eigenvalue weighted by Gasteiger charge is 2.11. The summed E-state index contributed by atoms with van der Waals surface area (Å²) in [7, 11) is 0. The van der Waals surface area contributed by atoms with Crippen molar-refractivity contribution in [3.63, 3.8) is 0 Å². The van der Waals surface area contributed by atoms with E-state index >= 15 is 0 Å². The lowest BCUT2D eigenvalue weighted by atomic mass is 10.2. The highest BCUT2D eigenvalue weighted by atomic mass is 35.5. The number of hydrogen-bond acceptors (Lipinski definition) is 4. The minimum absolute atomic E-state index is 0.119. The fourth-order valence-corrected chi connectivity index (χ4v) is 3.57. The van der Waals surface area contributed by atoms with E-state index in [0.29, 0.717) is 40.3 Å². The summed E-state index contributed by atoms with van der Waals surface area (Å²) in [5.41, 5.74) is 0.810. The molecule has 0 aliphatic carbocycles. The van der Waals surface area contributed by atoms with E-state index in [1.54, 1.807) is 29.1 Å². The maximum Gasteiger partial charge on any atom is 0.261 e. The Labute approximate surface area is 176 Å². The molecule has 0 aliphatic rings. The first-order valence-corrected chi connectivity index (χ1v) is 10.2. The second-order valence-electron chi connectivity index (χ2n) is 5.97. The van der Waals surface area contributed by atoms with Gasteiger partial charge in [-0.05, 0) is 29.5 Å². The SMILES string of the molecule is O=C(CCCNC(=O)c1cccs1)Nc1ccnn1Cc1cccc(Cl)c1Cl. The van der Waals surface area contributed by atoms with Crippen LogP contribution in [0.2, 0.25) is 10.0 Å². The van der Waals surface area contributed by atoms with Gasteiger partial charge in [0.05, 0.1) is 27.7 Å². The number of thiophene rings is 1. The zero-order valence-electron chi connectivity index (χ0n) is 14.8. The van der Waals surface area contributed by atoms with Crippen molar-refractivity contribution in [2.75, 3.05) is 11.9 Å². The van der Waals surface area contributed by atoms with E-state index in [1.165, 1.54) is 11.3 Å². The number of anilines is 1. The van der Waals surface area contributed by atoms with Gasteiger partial charge in [0.2, 0.25) is 5.91 Å². The molecule has 2 heterocycles. The van der Waals surface area contributed by atoms with Gasteiger partial charge >= 0.3 is 0 Å². The van der Waals surface area contributed by atoms with Gasteiger partial charge in [0, 0.05) is 19.0 Å². The number of hydrogen-bond donors (Lipinski definition) is 2. The second kappa shape index (κ2) is 9.73. The van der Waals surface area contributed by atoms with Crippen molar-refractivity contribution in [2.45, 2.75) is 19.4 Å². The van der Waals surface area contributed by atoms with Gasteiger partial charge in [-0.2, -0.15) is 5.10 Å². The summed E-state index contributed by atoms with van der Waals surface area (Å²) in [5, 5.41) is 12.7. The quantitative estimate of drug-likeness (QED) is 0.512. The maximum atomic E-state index is 12.2. The van der Waals surface area contributed by atoms with Crippen LogP contribution < -0.4 is 10.6 Å². The Morgan fingerprint density at radius 2 is 2.00 bits per heavy atom. The Hall–Kier alpha value is -2.35. The fraction of sp³-hybridized carbons (Fsp3) is 0.211. The van der Waals surface area contributed by atoms with Crippen molar-refractivity contribution in [2.24, 2.45) is 0 Å². The van der Waals surface area contributed by atoms with Crippen LogP contribution in [0.15, 0.2) is 48.0 Å². The monoisotopic (exact) mass is 436 g/mol. The summed E-state index contributed by atoms with van der Waals surface area (Å²) in [6.45, 7) is 0.820. The number of nitrogens with zero attached hydrogens (tertiary/aromatic N) is 2. The van der Waals surface area contributed by atoms with E-state index in [4.69, 9.17) is 23.2 Å². The summed E-state index contributed by atoms with van der Waals surface area (Å²) in [4.78, 5) is 24.7. The first kappa shape index (κ1) is 20.4. The molecule has 146 valence electrons. The van der Waals surface area contributed by atoms with E-state index in [0.717, 1.165) is 5.56 Å². The minimum atomic E-state index is -0.149. The number of benzene rings is 1. The topological polar surface area (TPSA) is 76.0 Å². The summed E-state index contributed by atoms with van der Waals surface area (Å²) in [5.74, 6) is 0.305. The lowest BCUT2D eigenvalue weighted by molar-refractivity contribution is -0.116. The molecule has 2 N–H and O–H groups in total. The molecule has 0 saturated heterocycles. The number of halogens is 2. The lowest BCUT2D eigenvalue weighted by Crippen LogP contribution is -2.25. The van der Waals surface area contributed by atoms with Crippen LogP contribution in [0.1, 0.15) is 28.1 Å². The zero-order valence-corrected chi connectivity index (χ0v) is 17.2. The van der Waals surface area contributed by atoms with Crippen molar-refractivity contribution in [3.05, 3.63) is 68.5 Å². The number of rotatable bonds is 8. The normalized spacial score (nSPS) is 10.6. The Bertz CT molecular complexity index is 957. The second-order valence-corrected chi connectivity index (χ2v) is 7.70. The third kappa shape index (κ3) is 5.34. The molecule has 0 saturated carbocycles. The first-order valence-electron chi connectivity index (χ1n) is 8.61. The van der Waals surface area contributed by atoms with E-state index in [-0.39, 0.29) is 18.2 Å². The van der Waals surface area contributed by atoms with Gasteiger partial charge in [0.1, 0.15) is 5.82 Å². The Morgan fingerprint density at radius 1 is 1.14 bits per heavy atom. The van der Waals surface area contributed by atoms with E-state index in [2.05, 4.69) is 15.7 Å². The van der Waals surface area contributed by atoms with Crippen LogP contribution >= 0.6 is 34.5 Å². The van der Waals surface area contributed by atoms with Crippen molar-refractivity contribution in [1.82, 2.24) is 15.1 Å². The van der Waals surface area contributed by atoms with Crippen LogP contribution in [0.3, 0.4) is 0 Å². The summed E-state index contributed by atoms with van der Waals surface area (Å²) >= 11 is 13.6. The predicted molar refractivity (Wildman–Crippen MR) is 112 cm³/mol. The van der Waals surface area contributed by atoms with E-state index in [1.807, 2.05) is 23.6 Å². The van der Waals surface area contributed by atoms with Gasteiger partial charge in [-0.3, -0.25) is 9.59 Å². The fourth-order valence-electron chi connectivity index (χ4n) is 2.55. The smallest absolute Gasteiger partial charge is 0.261 e. The molecule has 6 nitrogen and oxygen atoms in total. The third-order valence-electron chi connectivity index (χ3n) is 3.95. The van der Waals surface area contributed by atoms with Crippen LogP contribution in [-0.4, -0.2) is 28.1 Å². The van der Waals surface area contributed by atoms with Crippen LogP contribution in [-0.2, 0) is 11.3 Å². The molecule has 0 unspecified atom stereocenters. The summed E-state index contributed by atoms with van der Waals surface area (Å²) < 4.78 is 1.65. The number of amides is 2. The van der Waals surface area contributed by atoms with Gasteiger partial charge in [-0.25, -0.2) is 4.68 Å². The third-order valence-corrected chi connectivity index (χ3v) is 5.67. The average molecular weight is 437 g/mol. The minimum Gasteiger partial charge on any atom is -0.351 e. The number of aromatic nitrogens is 2. The molecule has 2 aromatic heterocycles. The summed E-state index contributed by atoms with van der Waals surface area (Å²) in [6, 6.07) is 10.7. The molecule has 1 aromatic carbocycles. The molecule has 28 heavy (non-hydrogen) atoms. The number of carbonyl (C=O) groups is 2. The van der Waals surface area contributed by atoms with Crippen molar-refractivity contribution in [3.8, 4) is 0 Å². The standard InChI is InChI=1S/C19H18Cl2N4O2S/c20-14-5-1-4-13(18(14)21)12-25-16(8-10-23-25)24-17(26)7-2-9-22-19(27)15-6-3-11-28-15/h1,3-6,8,10-11H,2,7,9,12H2,(H,22,27)(H,24,26). The molecule has 0 spiro atoms. The van der Waals surface area contributed by atoms with Crippen molar-refractivity contribution in [1.29, 1.82) is 0 Å². The zero-order chi connectivity index (χ0) is 19.9. The molecule has 2 amide bonds. The van der Waals surface area contributed by atoms with E-state index < -0.39 is 0 Å². The number of nitrogens with one attached hydrogen (secondary N) is 2. The predicted octanol–water partition coefficient (Wildman–Crippen LogP) is 4.45. The number of carbonyl (C=O) groups excluding carboxylic acids is 2. The molecule has 0 aliphatic heterocycles. The molecular weight excluding hydrogens is 419 g/mol. The molecular formula is C19H18Cl2N4O2S. The lowest BCUT2D eigenvalue weighted by Gasteiger charge is -2.11. The highest BCUT2D eigenvalue weighted by Crippen LogP contribution is 2.26. The Balaban J connectivity index is 1.48. The van der Waals surface area contributed by atoms with Crippen LogP contribution in [0.25, 0.3) is 0 Å². The van der Waals surface area contributed by atoms with E-state index in [9.17, 15) is 9.59 Å². The largest absolute Gasteiger partial charge is 0.351 e. The van der Waals surface area contributed by atoms with Crippen LogP contribution in [0.4, 0.5) is 5.82 Å². The molecule has 0 fully saturated rings. The molecule has 3 rings (SSSR count). The first-order chi connectivity index (χ1) is 13.5. The maximum absolute atomic E-state index is 12.2. The van der Waals surface area contributed by atoms with Gasteiger partial charge in [0.15, 0.2) is 0 Å². The molecule has 0 bridgehead atoms. The summed E-state index contributed by atoms with van der Waals surface area (Å²) in [6.07, 6.45) is 2.43. The van der Waals surface area contributed by atoms with Crippen molar-refractivity contribution >= 4 is 52.2 Å². The Morgan fingerprint density at radius 3 is 2.79 bits per heavy atom. The Kier molecular flexibility index (Phi) is 7.08. The van der Waals surface area contributed by atoms with Crippen LogP contribution in [0.5, 0.6) is 0 Å². The highest BCUT2D eigenvalue weighted by molar-refractivity contribution is 7.12. The van der Waals surface area contributed by atoms with Gasteiger partial charge < -0.3 is 10.6 Å². The molecule has 0 atom stereocenters. The molecule has 3 aromatic rings. The van der Waals surface area contributed by atoms with Crippen molar-refractivity contribution < 1.29 is 9.59 Å². The van der Waals surface area contributed by atoms with Crippen LogP contribution in [0, 0.1) is 0 Å². The average Bonchev–Trinajstić information content (AvgIpc) is 3.35. The van der Waals surface area contributed by atoms with Gasteiger partial charge in [-0.1, -0.05) is 41.4 Å². The van der Waals surface area contributed by atoms with Gasteiger partial charge in [0.25, 0.3) is 5.91 Å². The molecule has 0 radical (unpaired) electrons.